The van der Waals surface area contributed by atoms with E-state index in [4.69, 9.17) is 4.42 Å². The molecule has 1 atom stereocenters. The van der Waals surface area contributed by atoms with Crippen molar-refractivity contribution in [2.75, 3.05) is 13.3 Å². The number of nitrogens with zero attached hydrogens (tertiary/aromatic N) is 2. The second-order valence-electron chi connectivity index (χ2n) is 6.18. The van der Waals surface area contributed by atoms with Gasteiger partial charge in [0, 0.05) is 19.6 Å². The first-order valence-electron chi connectivity index (χ1n) is 8.03. The monoisotopic (exact) mass is 370 g/mol. The van der Waals surface area contributed by atoms with E-state index in [9.17, 15) is 8.42 Å². The molecule has 2 rings (SSSR count). The Balaban J connectivity index is 2.04. The van der Waals surface area contributed by atoms with Crippen molar-refractivity contribution < 1.29 is 12.8 Å². The van der Waals surface area contributed by atoms with Crippen LogP contribution in [0.5, 0.6) is 0 Å². The Morgan fingerprint density at radius 3 is 2.38 bits per heavy atom. The van der Waals surface area contributed by atoms with Crippen LogP contribution in [0.25, 0.3) is 0 Å². The van der Waals surface area contributed by atoms with Crippen LogP contribution in [0.1, 0.15) is 37.4 Å². The van der Waals surface area contributed by atoms with Gasteiger partial charge in [-0.05, 0) is 47.9 Å². The van der Waals surface area contributed by atoms with Crippen LogP contribution < -0.4 is 0 Å². The molecule has 134 valence electrons. The predicted octanol–water partition coefficient (Wildman–Crippen LogP) is 3.53. The molecule has 24 heavy (non-hydrogen) atoms. The Hall–Kier alpha value is -1.15. The number of furan rings is 1. The van der Waals surface area contributed by atoms with Gasteiger partial charge in [-0.1, -0.05) is 6.92 Å². The molecule has 0 amide bonds. The molecule has 0 spiro atoms. The van der Waals surface area contributed by atoms with Gasteiger partial charge in [-0.3, -0.25) is 4.90 Å². The van der Waals surface area contributed by atoms with Gasteiger partial charge in [0.2, 0.25) is 10.0 Å². The van der Waals surface area contributed by atoms with Gasteiger partial charge in [0.1, 0.15) is 11.5 Å². The van der Waals surface area contributed by atoms with E-state index in [1.165, 1.54) is 16.1 Å². The van der Waals surface area contributed by atoms with E-state index in [-0.39, 0.29) is 6.54 Å². The minimum Gasteiger partial charge on any atom is -0.463 e. The van der Waals surface area contributed by atoms with Crippen LogP contribution in [0.4, 0.5) is 0 Å². The van der Waals surface area contributed by atoms with Crippen LogP contribution in [-0.2, 0) is 29.7 Å². The first-order valence-corrected chi connectivity index (χ1v) is 10.8. The maximum Gasteiger partial charge on any atom is 0.211 e. The predicted molar refractivity (Wildman–Crippen MR) is 98.3 cm³/mol. The zero-order valence-electron chi connectivity index (χ0n) is 14.7. The van der Waals surface area contributed by atoms with Crippen molar-refractivity contribution in [3.05, 3.63) is 46.0 Å². The van der Waals surface area contributed by atoms with Crippen LogP contribution in [-0.4, -0.2) is 37.0 Å². The molecule has 7 heteroatoms. The third-order valence-electron chi connectivity index (χ3n) is 4.20. The Labute approximate surface area is 148 Å². The first kappa shape index (κ1) is 19.2. The molecule has 0 bridgehead atoms. The maximum absolute atomic E-state index is 11.5. The molecule has 0 radical (unpaired) electrons. The fourth-order valence-electron chi connectivity index (χ4n) is 2.37. The maximum atomic E-state index is 11.5. The Morgan fingerprint density at radius 2 is 1.83 bits per heavy atom. The lowest BCUT2D eigenvalue weighted by molar-refractivity contribution is 0.170. The van der Waals surface area contributed by atoms with Crippen molar-refractivity contribution in [2.24, 2.45) is 0 Å². The quantitative estimate of drug-likeness (QED) is 0.677. The van der Waals surface area contributed by atoms with Gasteiger partial charge in [0.05, 0.1) is 19.3 Å². The van der Waals surface area contributed by atoms with Crippen LogP contribution in [0.15, 0.2) is 33.4 Å². The largest absolute Gasteiger partial charge is 0.463 e. The standard InChI is InChI=1S/C17H26N2O3S2/c1-5-14(2)19(10-15-8-9-23-13-15)12-17-7-6-16(22-17)11-18(3)24(4,20)21/h6-9,13-14H,5,10-12H2,1-4H3. The minimum absolute atomic E-state index is 0.257. The number of sulfonamides is 1. The highest BCUT2D eigenvalue weighted by Crippen LogP contribution is 2.19. The molecule has 2 aromatic rings. The zero-order valence-corrected chi connectivity index (χ0v) is 16.4. The van der Waals surface area contributed by atoms with Gasteiger partial charge in [0.25, 0.3) is 0 Å². The van der Waals surface area contributed by atoms with Gasteiger partial charge in [-0.15, -0.1) is 0 Å². The van der Waals surface area contributed by atoms with E-state index in [1.807, 2.05) is 12.1 Å². The summed E-state index contributed by atoms with van der Waals surface area (Å²) in [7, 11) is -1.65. The average Bonchev–Trinajstić information content (AvgIpc) is 3.17. The molecule has 0 aliphatic heterocycles. The normalized spacial score (nSPS) is 13.8. The van der Waals surface area contributed by atoms with Crippen molar-refractivity contribution in [1.29, 1.82) is 0 Å². The molecule has 2 aromatic heterocycles. The molecule has 0 aliphatic carbocycles. The van der Waals surface area contributed by atoms with Crippen molar-refractivity contribution in [3.63, 3.8) is 0 Å². The highest BCUT2D eigenvalue weighted by atomic mass is 32.2. The summed E-state index contributed by atoms with van der Waals surface area (Å²) in [5, 5.41) is 4.26. The minimum atomic E-state index is -3.20. The summed E-state index contributed by atoms with van der Waals surface area (Å²) < 4.78 is 30.1. The summed E-state index contributed by atoms with van der Waals surface area (Å²) in [6, 6.07) is 6.39. The molecule has 0 aliphatic rings. The molecular formula is C17H26N2O3S2. The van der Waals surface area contributed by atoms with Crippen LogP contribution in [0.3, 0.4) is 0 Å². The third-order valence-corrected chi connectivity index (χ3v) is 6.19. The van der Waals surface area contributed by atoms with Gasteiger partial charge >= 0.3 is 0 Å². The van der Waals surface area contributed by atoms with E-state index in [1.54, 1.807) is 18.4 Å². The number of hydrogen-bond acceptors (Lipinski definition) is 5. The topological polar surface area (TPSA) is 53.8 Å². The second kappa shape index (κ2) is 8.29. The summed E-state index contributed by atoms with van der Waals surface area (Å²) in [5.74, 6) is 1.53. The van der Waals surface area contributed by atoms with Crippen LogP contribution >= 0.6 is 11.3 Å². The third kappa shape index (κ3) is 5.44. The molecule has 1 unspecified atom stereocenters. The lowest BCUT2D eigenvalue weighted by atomic mass is 10.2. The number of hydrogen-bond donors (Lipinski definition) is 0. The second-order valence-corrected chi connectivity index (χ2v) is 9.05. The molecule has 0 N–H and O–H groups in total. The number of rotatable bonds is 9. The van der Waals surface area contributed by atoms with Crippen molar-refractivity contribution >= 4 is 21.4 Å². The van der Waals surface area contributed by atoms with E-state index < -0.39 is 10.0 Å². The Bertz CT molecular complexity index is 723. The van der Waals surface area contributed by atoms with Crippen LogP contribution in [0, 0.1) is 0 Å². The van der Waals surface area contributed by atoms with Gasteiger partial charge in [-0.2, -0.15) is 15.6 Å². The van der Waals surface area contributed by atoms with Gasteiger partial charge in [-0.25, -0.2) is 8.42 Å². The van der Waals surface area contributed by atoms with Crippen LogP contribution in [0.2, 0.25) is 0 Å². The molecular weight excluding hydrogens is 344 g/mol. The van der Waals surface area contributed by atoms with E-state index in [0.29, 0.717) is 18.3 Å². The molecule has 0 aromatic carbocycles. The lowest BCUT2D eigenvalue weighted by Crippen LogP contribution is -2.31. The molecule has 0 fully saturated rings. The molecule has 0 saturated heterocycles. The van der Waals surface area contributed by atoms with Gasteiger partial charge in [0.15, 0.2) is 0 Å². The Morgan fingerprint density at radius 1 is 1.17 bits per heavy atom. The Kier molecular flexibility index (Phi) is 6.62. The highest BCUT2D eigenvalue weighted by molar-refractivity contribution is 7.88. The van der Waals surface area contributed by atoms with E-state index in [0.717, 1.165) is 18.7 Å². The van der Waals surface area contributed by atoms with Crippen molar-refractivity contribution in [1.82, 2.24) is 9.21 Å². The zero-order chi connectivity index (χ0) is 17.7. The van der Waals surface area contributed by atoms with Crippen molar-refractivity contribution in [2.45, 2.75) is 45.9 Å². The highest BCUT2D eigenvalue weighted by Gasteiger charge is 2.17. The summed E-state index contributed by atoms with van der Waals surface area (Å²) in [6.07, 6.45) is 2.26. The summed E-state index contributed by atoms with van der Waals surface area (Å²) in [4.78, 5) is 2.38. The fourth-order valence-corrected chi connectivity index (χ4v) is 3.39. The molecule has 2 heterocycles. The summed E-state index contributed by atoms with van der Waals surface area (Å²) in [5.41, 5.74) is 1.31. The van der Waals surface area contributed by atoms with E-state index >= 15 is 0 Å². The van der Waals surface area contributed by atoms with Crippen molar-refractivity contribution in [3.8, 4) is 0 Å². The summed E-state index contributed by atoms with van der Waals surface area (Å²) in [6.45, 7) is 6.26. The van der Waals surface area contributed by atoms with E-state index in [2.05, 4.69) is 35.6 Å². The smallest absolute Gasteiger partial charge is 0.211 e. The average molecular weight is 371 g/mol. The van der Waals surface area contributed by atoms with Gasteiger partial charge < -0.3 is 4.42 Å². The molecule has 5 nitrogen and oxygen atoms in total. The SMILES string of the molecule is CCC(C)N(Cc1ccsc1)Cc1ccc(CN(C)S(C)(=O)=O)o1. The molecule has 0 saturated carbocycles. The summed E-state index contributed by atoms with van der Waals surface area (Å²) >= 11 is 1.71. The lowest BCUT2D eigenvalue weighted by Gasteiger charge is -2.27. The number of thiophene rings is 1. The first-order chi connectivity index (χ1) is 11.3. The fraction of sp³-hybridized carbons (Fsp3) is 0.529.